The third-order valence-electron chi connectivity index (χ3n) is 13.9. The molecule has 0 saturated carbocycles. The van der Waals surface area contributed by atoms with E-state index in [0.717, 1.165) is 50.1 Å². The molecule has 0 aliphatic heterocycles. The van der Waals surface area contributed by atoms with Crippen molar-refractivity contribution in [3.63, 3.8) is 0 Å². The van der Waals surface area contributed by atoms with Gasteiger partial charge in [0.2, 0.25) is 0 Å². The maximum atomic E-state index is 7.08. The third-order valence-corrected chi connectivity index (χ3v) is 13.9. The van der Waals surface area contributed by atoms with Crippen LogP contribution in [0.4, 0.5) is 17.1 Å². The minimum atomic E-state index is -0.0993. The Labute approximate surface area is 363 Å². The zero-order chi connectivity index (χ0) is 41.7. The van der Waals surface area contributed by atoms with Gasteiger partial charge in [0.25, 0.3) is 0 Å². The van der Waals surface area contributed by atoms with Crippen LogP contribution in [0.3, 0.4) is 0 Å². The van der Waals surface area contributed by atoms with Crippen LogP contribution in [-0.2, 0) is 10.8 Å². The molecule has 0 bridgehead atoms. The SMILES string of the molecule is CC1(C)c2ccccc2-c2c(-c3cccc(N(c4ccc(-c5ccccc5)cc4)c4cccc(-c5cccc6c5oc5c7c(ccc56)C(C)(C)c5ccccc5-7)c4)c3)cccc21. The van der Waals surface area contributed by atoms with Crippen LogP contribution in [0.5, 0.6) is 0 Å². The first-order valence-corrected chi connectivity index (χ1v) is 21.8. The molecule has 0 amide bonds. The number of para-hydroxylation sites is 1. The molecule has 0 fully saturated rings. The Morgan fingerprint density at radius 2 is 0.806 bits per heavy atom. The highest BCUT2D eigenvalue weighted by molar-refractivity contribution is 6.14. The first-order chi connectivity index (χ1) is 30.3. The van der Waals surface area contributed by atoms with Crippen LogP contribution in [0.1, 0.15) is 49.9 Å². The summed E-state index contributed by atoms with van der Waals surface area (Å²) in [6.07, 6.45) is 0. The van der Waals surface area contributed by atoms with Gasteiger partial charge >= 0.3 is 0 Å². The monoisotopic (exact) mass is 795 g/mol. The minimum absolute atomic E-state index is 0.0731. The fourth-order valence-corrected chi connectivity index (χ4v) is 10.8. The third kappa shape index (κ3) is 5.36. The topological polar surface area (TPSA) is 16.4 Å². The lowest BCUT2D eigenvalue weighted by Crippen LogP contribution is -2.14. The van der Waals surface area contributed by atoms with E-state index in [1.165, 1.54) is 66.8 Å². The van der Waals surface area contributed by atoms with Gasteiger partial charge in [-0.15, -0.1) is 0 Å². The van der Waals surface area contributed by atoms with Crippen molar-refractivity contribution < 1.29 is 4.42 Å². The molecular formula is C60H45NO. The van der Waals surface area contributed by atoms with Crippen LogP contribution in [0, 0.1) is 0 Å². The van der Waals surface area contributed by atoms with Crippen molar-refractivity contribution in [1.29, 1.82) is 0 Å². The van der Waals surface area contributed by atoms with Gasteiger partial charge < -0.3 is 9.32 Å². The quantitative estimate of drug-likeness (QED) is 0.167. The van der Waals surface area contributed by atoms with Crippen molar-refractivity contribution in [2.75, 3.05) is 4.90 Å². The van der Waals surface area contributed by atoms with E-state index in [9.17, 15) is 0 Å². The number of hydrogen-bond donors (Lipinski definition) is 0. The second kappa shape index (κ2) is 13.5. The van der Waals surface area contributed by atoms with E-state index in [2.05, 4.69) is 233 Å². The molecule has 0 unspecified atom stereocenters. The van der Waals surface area contributed by atoms with Gasteiger partial charge in [0.15, 0.2) is 0 Å². The van der Waals surface area contributed by atoms with Crippen LogP contribution >= 0.6 is 0 Å². The van der Waals surface area contributed by atoms with Gasteiger partial charge in [-0.1, -0.05) is 191 Å². The Bertz CT molecular complexity index is 3400. The zero-order valence-electron chi connectivity index (χ0n) is 35.4. The number of anilines is 3. The fourth-order valence-electron chi connectivity index (χ4n) is 10.8. The number of rotatable bonds is 6. The summed E-state index contributed by atoms with van der Waals surface area (Å²) in [5.74, 6) is 0. The molecule has 2 heteroatoms. The molecular weight excluding hydrogens is 751 g/mol. The predicted octanol–water partition coefficient (Wildman–Crippen LogP) is 16.7. The van der Waals surface area contributed by atoms with Crippen LogP contribution < -0.4 is 4.90 Å². The fraction of sp³-hybridized carbons (Fsp3) is 0.100. The minimum Gasteiger partial charge on any atom is -0.455 e. The van der Waals surface area contributed by atoms with Crippen molar-refractivity contribution in [2.45, 2.75) is 38.5 Å². The smallest absolute Gasteiger partial charge is 0.143 e. The van der Waals surface area contributed by atoms with E-state index in [-0.39, 0.29) is 10.8 Å². The summed E-state index contributed by atoms with van der Waals surface area (Å²) in [6, 6.07) is 73.3. The molecule has 0 radical (unpaired) electrons. The lowest BCUT2D eigenvalue weighted by atomic mass is 9.82. The molecule has 1 aromatic heterocycles. The molecule has 0 atom stereocenters. The van der Waals surface area contributed by atoms with E-state index < -0.39 is 0 Å². The number of benzene rings is 9. The standard InChI is InChI=1S/C60H45NO/c1-59(2)51-27-10-8-22-49(51)55-45(24-15-29-53(55)59)40-18-12-20-43(36-40)61(42-32-30-39(31-33-42)38-16-6-5-7-17-38)44-21-13-19-41(37-44)46-25-14-26-47-48-34-35-54-56(58(48)62-57(46)47)50-23-9-11-28-52(50)60(54,3)4/h5-37H,1-4H3. The van der Waals surface area contributed by atoms with Crippen LogP contribution in [-0.4, -0.2) is 0 Å². The van der Waals surface area contributed by atoms with E-state index in [1.54, 1.807) is 0 Å². The Kier molecular flexibility index (Phi) is 7.96. The molecule has 0 spiro atoms. The van der Waals surface area contributed by atoms with Gasteiger partial charge in [-0.2, -0.15) is 0 Å². The Morgan fingerprint density at radius 3 is 1.50 bits per heavy atom. The summed E-state index contributed by atoms with van der Waals surface area (Å²) in [4.78, 5) is 2.40. The Balaban J connectivity index is 1.02. The average Bonchev–Trinajstić information content (AvgIpc) is 3.90. The Hall–Kier alpha value is -7.42. The number of fused-ring (bicyclic) bond motifs is 10. The molecule has 10 aromatic rings. The highest BCUT2D eigenvalue weighted by Gasteiger charge is 2.38. The first kappa shape index (κ1) is 36.4. The maximum absolute atomic E-state index is 7.08. The molecule has 0 saturated heterocycles. The van der Waals surface area contributed by atoms with E-state index in [1.807, 2.05) is 0 Å². The largest absolute Gasteiger partial charge is 0.455 e. The summed E-state index contributed by atoms with van der Waals surface area (Å²) in [5, 5.41) is 2.29. The molecule has 2 aliphatic rings. The molecule has 1 heterocycles. The number of hydrogen-bond acceptors (Lipinski definition) is 2. The van der Waals surface area contributed by atoms with Crippen molar-refractivity contribution in [3.8, 4) is 55.6 Å². The summed E-state index contributed by atoms with van der Waals surface area (Å²) >= 11 is 0. The lowest BCUT2D eigenvalue weighted by Gasteiger charge is -2.27. The molecule has 2 aliphatic carbocycles. The molecule has 0 N–H and O–H groups in total. The number of nitrogens with zero attached hydrogens (tertiary/aromatic N) is 1. The highest BCUT2D eigenvalue weighted by atomic mass is 16.3. The second-order valence-corrected chi connectivity index (χ2v) is 18.1. The number of furan rings is 1. The van der Waals surface area contributed by atoms with Crippen LogP contribution in [0.25, 0.3) is 77.6 Å². The van der Waals surface area contributed by atoms with E-state index in [4.69, 9.17) is 4.42 Å². The predicted molar refractivity (Wildman–Crippen MR) is 260 cm³/mol. The van der Waals surface area contributed by atoms with Gasteiger partial charge in [-0.3, -0.25) is 0 Å². The van der Waals surface area contributed by atoms with Gasteiger partial charge in [-0.25, -0.2) is 0 Å². The van der Waals surface area contributed by atoms with Crippen LogP contribution in [0.15, 0.2) is 205 Å². The molecule has 9 aromatic carbocycles. The lowest BCUT2D eigenvalue weighted by molar-refractivity contribution is 0.653. The molecule has 2 nitrogen and oxygen atoms in total. The zero-order valence-corrected chi connectivity index (χ0v) is 35.4. The highest BCUT2D eigenvalue weighted by Crippen LogP contribution is 2.54. The first-order valence-electron chi connectivity index (χ1n) is 21.8. The van der Waals surface area contributed by atoms with Gasteiger partial charge in [-0.05, 0) is 103 Å². The second-order valence-electron chi connectivity index (χ2n) is 18.1. The summed E-state index contributed by atoms with van der Waals surface area (Å²) in [6.45, 7) is 9.35. The van der Waals surface area contributed by atoms with Gasteiger partial charge in [0.1, 0.15) is 11.2 Å². The Morgan fingerprint density at radius 1 is 0.323 bits per heavy atom. The normalized spacial score (nSPS) is 14.1. The summed E-state index contributed by atoms with van der Waals surface area (Å²) in [5.41, 5.74) is 22.6. The molecule has 62 heavy (non-hydrogen) atoms. The van der Waals surface area contributed by atoms with E-state index in [0.29, 0.717) is 0 Å². The summed E-state index contributed by atoms with van der Waals surface area (Å²) in [7, 11) is 0. The van der Waals surface area contributed by atoms with Crippen molar-refractivity contribution >= 4 is 39.0 Å². The maximum Gasteiger partial charge on any atom is 0.143 e. The molecule has 296 valence electrons. The van der Waals surface area contributed by atoms with Crippen molar-refractivity contribution in [1.82, 2.24) is 0 Å². The van der Waals surface area contributed by atoms with Crippen molar-refractivity contribution in [2.24, 2.45) is 0 Å². The molecule has 12 rings (SSSR count). The van der Waals surface area contributed by atoms with Gasteiger partial charge in [0.05, 0.1) is 0 Å². The average molecular weight is 796 g/mol. The van der Waals surface area contributed by atoms with Crippen molar-refractivity contribution in [3.05, 3.63) is 222 Å². The van der Waals surface area contributed by atoms with Crippen LogP contribution in [0.2, 0.25) is 0 Å². The van der Waals surface area contributed by atoms with Gasteiger partial charge in [0, 0.05) is 49.8 Å². The summed E-state index contributed by atoms with van der Waals surface area (Å²) < 4.78 is 7.08. The van der Waals surface area contributed by atoms with E-state index >= 15 is 0 Å².